The van der Waals surface area contributed by atoms with Crippen molar-refractivity contribution in [1.29, 1.82) is 0 Å². The van der Waals surface area contributed by atoms with E-state index in [1.165, 1.54) is 6.42 Å². The van der Waals surface area contributed by atoms with Crippen LogP contribution < -0.4 is 5.32 Å². The zero-order chi connectivity index (χ0) is 20.4. The van der Waals surface area contributed by atoms with Gasteiger partial charge in [-0.05, 0) is 71.6 Å². The number of likely N-dealkylation sites (tertiary alicyclic amines) is 1. The number of hydrogen-bond donors (Lipinski definition) is 2. The molecule has 160 valence electrons. The Bertz CT molecular complexity index is 565. The van der Waals surface area contributed by atoms with Crippen LogP contribution in [0.1, 0.15) is 78.6 Å². The zero-order valence-corrected chi connectivity index (χ0v) is 17.8. The van der Waals surface area contributed by atoms with E-state index in [9.17, 15) is 14.7 Å². The summed E-state index contributed by atoms with van der Waals surface area (Å²) in [4.78, 5) is 26.8. The molecule has 3 fully saturated rings. The van der Waals surface area contributed by atoms with Gasteiger partial charge in [0.2, 0.25) is 5.91 Å². The molecule has 1 heterocycles. The van der Waals surface area contributed by atoms with Crippen molar-refractivity contribution < 1.29 is 19.4 Å². The van der Waals surface area contributed by atoms with E-state index in [4.69, 9.17) is 4.74 Å². The monoisotopic (exact) mass is 394 g/mol. The van der Waals surface area contributed by atoms with Gasteiger partial charge in [0.1, 0.15) is 5.60 Å². The van der Waals surface area contributed by atoms with Gasteiger partial charge in [0.25, 0.3) is 0 Å². The molecule has 0 aromatic heterocycles. The van der Waals surface area contributed by atoms with Gasteiger partial charge in [-0.15, -0.1) is 0 Å². The van der Waals surface area contributed by atoms with Crippen molar-refractivity contribution in [2.45, 2.75) is 89.8 Å². The van der Waals surface area contributed by atoms with Gasteiger partial charge in [-0.25, -0.2) is 4.79 Å². The van der Waals surface area contributed by atoms with E-state index in [0.717, 1.165) is 57.9 Å². The van der Waals surface area contributed by atoms with Crippen molar-refractivity contribution in [2.24, 2.45) is 17.8 Å². The fraction of sp³-hybridized carbons (Fsp3) is 0.909. The lowest BCUT2D eigenvalue weighted by Gasteiger charge is -2.48. The van der Waals surface area contributed by atoms with Crippen LogP contribution >= 0.6 is 0 Å². The van der Waals surface area contributed by atoms with Crippen LogP contribution in [0, 0.1) is 17.8 Å². The van der Waals surface area contributed by atoms with Crippen molar-refractivity contribution in [1.82, 2.24) is 10.2 Å². The van der Waals surface area contributed by atoms with Gasteiger partial charge in [-0.3, -0.25) is 4.79 Å². The summed E-state index contributed by atoms with van der Waals surface area (Å²) in [5.41, 5.74) is -1.01. The van der Waals surface area contributed by atoms with Crippen molar-refractivity contribution in [3.05, 3.63) is 0 Å². The van der Waals surface area contributed by atoms with Crippen LogP contribution in [0.4, 0.5) is 4.79 Å². The largest absolute Gasteiger partial charge is 0.444 e. The Labute approximate surface area is 169 Å². The first-order valence-electron chi connectivity index (χ1n) is 11.1. The number of rotatable bonds is 3. The maximum atomic E-state index is 13.0. The van der Waals surface area contributed by atoms with E-state index in [-0.39, 0.29) is 23.8 Å². The van der Waals surface area contributed by atoms with Crippen molar-refractivity contribution in [2.75, 3.05) is 19.6 Å². The van der Waals surface area contributed by atoms with Gasteiger partial charge in [0.05, 0.1) is 5.60 Å². The lowest BCUT2D eigenvalue weighted by Crippen LogP contribution is -2.55. The van der Waals surface area contributed by atoms with Crippen LogP contribution in [0.25, 0.3) is 0 Å². The number of hydrogen-bond acceptors (Lipinski definition) is 4. The highest BCUT2D eigenvalue weighted by Gasteiger charge is 2.44. The van der Waals surface area contributed by atoms with Gasteiger partial charge >= 0.3 is 6.09 Å². The third-order valence-corrected chi connectivity index (χ3v) is 6.87. The minimum absolute atomic E-state index is 0.104. The average Bonchev–Trinajstić information content (AvgIpc) is 2.64. The molecule has 3 rings (SSSR count). The molecule has 2 aliphatic carbocycles. The molecule has 0 spiro atoms. The predicted octanol–water partition coefficient (Wildman–Crippen LogP) is 3.47. The van der Waals surface area contributed by atoms with Crippen molar-refractivity contribution in [3.63, 3.8) is 0 Å². The number of nitrogens with zero attached hydrogens (tertiary/aromatic N) is 1. The Morgan fingerprint density at radius 3 is 2.50 bits per heavy atom. The van der Waals surface area contributed by atoms with E-state index in [1.54, 1.807) is 0 Å². The molecule has 0 aromatic rings. The average molecular weight is 395 g/mol. The summed E-state index contributed by atoms with van der Waals surface area (Å²) in [5, 5.41) is 13.7. The molecular weight excluding hydrogens is 356 g/mol. The summed E-state index contributed by atoms with van der Waals surface area (Å²) < 4.78 is 5.29. The fourth-order valence-corrected chi connectivity index (χ4v) is 5.18. The first-order valence-corrected chi connectivity index (χ1v) is 11.1. The Balaban J connectivity index is 1.41. The minimum atomic E-state index is -0.528. The van der Waals surface area contributed by atoms with Crippen molar-refractivity contribution >= 4 is 12.0 Å². The third kappa shape index (κ3) is 5.40. The fourth-order valence-electron chi connectivity index (χ4n) is 5.18. The molecule has 1 aliphatic heterocycles. The molecule has 0 unspecified atom stereocenters. The van der Waals surface area contributed by atoms with E-state index in [1.807, 2.05) is 25.7 Å². The molecule has 0 radical (unpaired) electrons. The molecule has 6 heteroatoms. The molecule has 0 aromatic carbocycles. The van der Waals surface area contributed by atoms with Gasteiger partial charge < -0.3 is 20.1 Å². The third-order valence-electron chi connectivity index (χ3n) is 6.87. The normalized spacial score (nSPS) is 33.7. The number of piperidine rings is 1. The SMILES string of the molecule is CC(C)(C)OC(=O)NCC1CCC(C(=O)N2CC[C@@]3(O)CCCC[C@H]3C2)CC1. The quantitative estimate of drug-likeness (QED) is 0.768. The topological polar surface area (TPSA) is 78.9 Å². The number of carbonyl (C=O) groups excluding carboxylic acids is 2. The number of amides is 2. The molecule has 3 aliphatic rings. The second-order valence-corrected chi connectivity index (χ2v) is 10.2. The summed E-state index contributed by atoms with van der Waals surface area (Å²) in [6.07, 6.45) is 8.32. The minimum Gasteiger partial charge on any atom is -0.444 e. The molecular formula is C22H38N2O4. The zero-order valence-electron chi connectivity index (χ0n) is 17.8. The van der Waals surface area contributed by atoms with E-state index < -0.39 is 11.2 Å². The Hall–Kier alpha value is -1.30. The number of aliphatic hydroxyl groups is 1. The van der Waals surface area contributed by atoms with Gasteiger partial charge in [0, 0.05) is 31.5 Å². The first kappa shape index (κ1) is 21.4. The lowest BCUT2D eigenvalue weighted by atomic mass is 9.71. The molecule has 6 nitrogen and oxygen atoms in total. The number of carbonyl (C=O) groups is 2. The van der Waals surface area contributed by atoms with Crippen LogP contribution in [-0.4, -0.2) is 52.8 Å². The lowest BCUT2D eigenvalue weighted by molar-refractivity contribution is -0.148. The molecule has 0 bridgehead atoms. The smallest absolute Gasteiger partial charge is 0.407 e. The standard InChI is InChI=1S/C22H38N2O4/c1-21(2,3)28-20(26)23-14-16-7-9-17(10-8-16)19(25)24-13-12-22(27)11-5-4-6-18(22)15-24/h16-18,27H,4-15H2,1-3H3,(H,23,26)/t16?,17?,18-,22-/m0/s1. The summed E-state index contributed by atoms with van der Waals surface area (Å²) in [6.45, 7) is 7.63. The summed E-state index contributed by atoms with van der Waals surface area (Å²) >= 11 is 0. The van der Waals surface area contributed by atoms with E-state index in [2.05, 4.69) is 5.32 Å². The summed E-state index contributed by atoms with van der Waals surface area (Å²) in [5.74, 6) is 1.06. The Morgan fingerprint density at radius 2 is 1.82 bits per heavy atom. The van der Waals surface area contributed by atoms with Gasteiger partial charge in [0.15, 0.2) is 0 Å². The van der Waals surface area contributed by atoms with Crippen LogP contribution in [0.5, 0.6) is 0 Å². The highest BCUT2D eigenvalue weighted by molar-refractivity contribution is 5.79. The number of fused-ring (bicyclic) bond motifs is 1. The first-order chi connectivity index (χ1) is 13.2. The number of ether oxygens (including phenoxy) is 1. The molecule has 2 atom stereocenters. The molecule has 28 heavy (non-hydrogen) atoms. The highest BCUT2D eigenvalue weighted by Crippen LogP contribution is 2.40. The predicted molar refractivity (Wildman–Crippen MR) is 108 cm³/mol. The van der Waals surface area contributed by atoms with Crippen molar-refractivity contribution in [3.8, 4) is 0 Å². The maximum absolute atomic E-state index is 13.0. The van der Waals surface area contributed by atoms with E-state index in [0.29, 0.717) is 19.0 Å². The second kappa shape index (κ2) is 8.60. The molecule has 2 saturated carbocycles. The Kier molecular flexibility index (Phi) is 6.58. The van der Waals surface area contributed by atoms with Crippen LogP contribution in [0.3, 0.4) is 0 Å². The second-order valence-electron chi connectivity index (χ2n) is 10.2. The number of alkyl carbamates (subject to hydrolysis) is 1. The molecule has 1 saturated heterocycles. The summed E-state index contributed by atoms with van der Waals surface area (Å²) in [6, 6.07) is 0. The Morgan fingerprint density at radius 1 is 1.11 bits per heavy atom. The summed E-state index contributed by atoms with van der Waals surface area (Å²) in [7, 11) is 0. The maximum Gasteiger partial charge on any atom is 0.407 e. The number of nitrogens with one attached hydrogen (secondary N) is 1. The van der Waals surface area contributed by atoms with Gasteiger partial charge in [-0.1, -0.05) is 12.8 Å². The van der Waals surface area contributed by atoms with Crippen LogP contribution in [0.2, 0.25) is 0 Å². The van der Waals surface area contributed by atoms with E-state index >= 15 is 0 Å². The van der Waals surface area contributed by atoms with Crippen LogP contribution in [0.15, 0.2) is 0 Å². The van der Waals surface area contributed by atoms with Crippen LogP contribution in [-0.2, 0) is 9.53 Å². The molecule has 2 amide bonds. The highest BCUT2D eigenvalue weighted by atomic mass is 16.6. The van der Waals surface area contributed by atoms with Gasteiger partial charge in [-0.2, -0.15) is 0 Å². The molecule has 2 N–H and O–H groups in total.